The fourth-order valence-electron chi connectivity index (χ4n) is 1.74. The third kappa shape index (κ3) is 2.84. The highest BCUT2D eigenvalue weighted by molar-refractivity contribution is 6.30. The van der Waals surface area contributed by atoms with Crippen LogP contribution in [0.2, 0.25) is 0 Å². The van der Waals surface area contributed by atoms with Crippen molar-refractivity contribution in [2.75, 3.05) is 13.2 Å². The van der Waals surface area contributed by atoms with E-state index in [1.807, 2.05) is 0 Å². The van der Waals surface area contributed by atoms with Gasteiger partial charge in [-0.1, -0.05) is 0 Å². The first-order valence-electron chi connectivity index (χ1n) is 5.19. The molecule has 1 saturated heterocycles. The Morgan fingerprint density at radius 2 is 2.27 bits per heavy atom. The van der Waals surface area contributed by atoms with Crippen molar-refractivity contribution in [3.8, 4) is 0 Å². The number of likely N-dealkylation sites (tertiary alicyclic amines) is 1. The van der Waals surface area contributed by atoms with Crippen LogP contribution in [0.1, 0.15) is 26.7 Å². The Labute approximate surface area is 94.5 Å². The van der Waals surface area contributed by atoms with Crippen LogP contribution in [-0.4, -0.2) is 41.3 Å². The molecule has 1 rings (SSSR count). The Bertz CT molecular complexity index is 255. The maximum Gasteiger partial charge on any atom is 0.328 e. The summed E-state index contributed by atoms with van der Waals surface area (Å²) in [5.74, 6) is -0.507. The van der Waals surface area contributed by atoms with E-state index in [2.05, 4.69) is 0 Å². The minimum Gasteiger partial charge on any atom is -0.464 e. The minimum atomic E-state index is -0.583. The van der Waals surface area contributed by atoms with E-state index in [4.69, 9.17) is 16.3 Å². The molecule has 0 saturated carbocycles. The van der Waals surface area contributed by atoms with Gasteiger partial charge in [-0.05, 0) is 26.7 Å². The van der Waals surface area contributed by atoms with Gasteiger partial charge in [0.25, 0.3) is 0 Å². The zero-order chi connectivity index (χ0) is 11.4. The van der Waals surface area contributed by atoms with Crippen LogP contribution < -0.4 is 0 Å². The van der Waals surface area contributed by atoms with Gasteiger partial charge in [-0.15, -0.1) is 11.6 Å². The van der Waals surface area contributed by atoms with E-state index in [-0.39, 0.29) is 11.9 Å². The molecule has 2 unspecified atom stereocenters. The van der Waals surface area contributed by atoms with Crippen molar-refractivity contribution >= 4 is 23.5 Å². The Kier molecular flexibility index (Phi) is 4.39. The molecule has 0 aromatic heterocycles. The van der Waals surface area contributed by atoms with Gasteiger partial charge in [-0.3, -0.25) is 4.79 Å². The number of carbonyl (C=O) groups excluding carboxylic acids is 2. The number of ether oxygens (including phenoxy) is 1. The molecule has 1 aliphatic heterocycles. The molecule has 1 fully saturated rings. The average molecular weight is 234 g/mol. The number of halogens is 1. The Morgan fingerprint density at radius 3 is 2.80 bits per heavy atom. The molecule has 4 nitrogen and oxygen atoms in total. The molecule has 0 radical (unpaired) electrons. The quantitative estimate of drug-likeness (QED) is 0.543. The maximum atomic E-state index is 11.7. The number of carbonyl (C=O) groups is 2. The zero-order valence-electron chi connectivity index (χ0n) is 9.03. The van der Waals surface area contributed by atoms with Crippen molar-refractivity contribution in [2.24, 2.45) is 0 Å². The highest BCUT2D eigenvalue weighted by Gasteiger charge is 2.36. The second-order valence-corrected chi connectivity index (χ2v) is 4.21. The molecule has 0 N–H and O–H groups in total. The molecule has 0 bridgehead atoms. The molecule has 86 valence electrons. The minimum absolute atomic E-state index is 0.188. The Balaban J connectivity index is 2.64. The molecular weight excluding hydrogens is 218 g/mol. The van der Waals surface area contributed by atoms with Crippen molar-refractivity contribution in [1.29, 1.82) is 0 Å². The second-order valence-electron chi connectivity index (χ2n) is 3.56. The standard InChI is InChI=1S/C10H16ClNO3/c1-3-15-10(14)8-5-4-6-12(8)9(13)7(2)11/h7-8H,3-6H2,1-2H3. The van der Waals surface area contributed by atoms with Gasteiger partial charge in [0.15, 0.2) is 0 Å². The summed E-state index contributed by atoms with van der Waals surface area (Å²) >= 11 is 5.71. The summed E-state index contributed by atoms with van der Waals surface area (Å²) in [7, 11) is 0. The lowest BCUT2D eigenvalue weighted by Gasteiger charge is -2.23. The van der Waals surface area contributed by atoms with Crippen LogP contribution in [0, 0.1) is 0 Å². The largest absolute Gasteiger partial charge is 0.464 e. The van der Waals surface area contributed by atoms with E-state index in [1.54, 1.807) is 13.8 Å². The summed E-state index contributed by atoms with van der Waals surface area (Å²) in [6, 6.07) is -0.432. The normalized spacial score (nSPS) is 22.6. The summed E-state index contributed by atoms with van der Waals surface area (Å²) in [5.41, 5.74) is 0. The van der Waals surface area contributed by atoms with Gasteiger partial charge in [-0.2, -0.15) is 0 Å². The summed E-state index contributed by atoms with van der Waals surface area (Å²) in [5, 5.41) is -0.583. The number of hydrogen-bond donors (Lipinski definition) is 0. The predicted octanol–water partition coefficient (Wildman–Crippen LogP) is 1.17. The highest BCUT2D eigenvalue weighted by Crippen LogP contribution is 2.20. The van der Waals surface area contributed by atoms with Gasteiger partial charge in [0.2, 0.25) is 5.91 Å². The lowest BCUT2D eigenvalue weighted by molar-refractivity contribution is -0.152. The van der Waals surface area contributed by atoms with Gasteiger partial charge in [0.1, 0.15) is 11.4 Å². The van der Waals surface area contributed by atoms with E-state index < -0.39 is 11.4 Å². The van der Waals surface area contributed by atoms with Gasteiger partial charge < -0.3 is 9.64 Å². The van der Waals surface area contributed by atoms with Crippen molar-refractivity contribution in [3.63, 3.8) is 0 Å². The van der Waals surface area contributed by atoms with Gasteiger partial charge in [0.05, 0.1) is 6.61 Å². The van der Waals surface area contributed by atoms with E-state index >= 15 is 0 Å². The number of amides is 1. The summed E-state index contributed by atoms with van der Waals surface area (Å²) in [6.07, 6.45) is 1.51. The molecular formula is C10H16ClNO3. The van der Waals surface area contributed by atoms with Crippen LogP contribution in [-0.2, 0) is 14.3 Å². The van der Waals surface area contributed by atoms with Crippen LogP contribution in [0.5, 0.6) is 0 Å². The van der Waals surface area contributed by atoms with Crippen LogP contribution in [0.25, 0.3) is 0 Å². The van der Waals surface area contributed by atoms with Gasteiger partial charge in [0, 0.05) is 6.54 Å². The molecule has 2 atom stereocenters. The summed E-state index contributed by atoms with van der Waals surface area (Å²) in [4.78, 5) is 24.7. The lowest BCUT2D eigenvalue weighted by Crippen LogP contribution is -2.44. The van der Waals surface area contributed by atoms with Crippen molar-refractivity contribution in [1.82, 2.24) is 4.90 Å². The van der Waals surface area contributed by atoms with Crippen LogP contribution in [0.4, 0.5) is 0 Å². The van der Waals surface area contributed by atoms with E-state index in [9.17, 15) is 9.59 Å². The third-order valence-electron chi connectivity index (χ3n) is 2.43. The summed E-state index contributed by atoms with van der Waals surface area (Å²) in [6.45, 7) is 4.31. The van der Waals surface area contributed by atoms with Crippen molar-refractivity contribution in [2.45, 2.75) is 38.1 Å². The average Bonchev–Trinajstić information content (AvgIpc) is 2.65. The molecule has 0 aromatic rings. The van der Waals surface area contributed by atoms with Gasteiger partial charge in [-0.25, -0.2) is 4.79 Å². The molecule has 15 heavy (non-hydrogen) atoms. The van der Waals surface area contributed by atoms with Crippen LogP contribution >= 0.6 is 11.6 Å². The SMILES string of the molecule is CCOC(=O)C1CCCN1C(=O)C(C)Cl. The maximum absolute atomic E-state index is 11.7. The van der Waals surface area contributed by atoms with E-state index in [1.165, 1.54) is 4.90 Å². The molecule has 5 heteroatoms. The molecule has 0 aliphatic carbocycles. The number of rotatable bonds is 3. The number of hydrogen-bond acceptors (Lipinski definition) is 3. The molecule has 1 aliphatic rings. The fourth-order valence-corrected chi connectivity index (χ4v) is 1.87. The molecule has 1 heterocycles. The van der Waals surface area contributed by atoms with Crippen LogP contribution in [0.15, 0.2) is 0 Å². The first kappa shape index (κ1) is 12.3. The van der Waals surface area contributed by atoms with Crippen molar-refractivity contribution < 1.29 is 14.3 Å². The third-order valence-corrected chi connectivity index (χ3v) is 2.62. The molecule has 0 aromatic carbocycles. The van der Waals surface area contributed by atoms with Crippen LogP contribution in [0.3, 0.4) is 0 Å². The first-order chi connectivity index (χ1) is 7.07. The Hall–Kier alpha value is -0.770. The predicted molar refractivity (Wildman–Crippen MR) is 56.7 cm³/mol. The number of nitrogens with zero attached hydrogens (tertiary/aromatic N) is 1. The number of esters is 1. The van der Waals surface area contributed by atoms with Crippen molar-refractivity contribution in [3.05, 3.63) is 0 Å². The smallest absolute Gasteiger partial charge is 0.328 e. The van der Waals surface area contributed by atoms with E-state index in [0.717, 1.165) is 6.42 Å². The highest BCUT2D eigenvalue weighted by atomic mass is 35.5. The topological polar surface area (TPSA) is 46.6 Å². The Morgan fingerprint density at radius 1 is 1.60 bits per heavy atom. The zero-order valence-corrected chi connectivity index (χ0v) is 9.79. The molecule has 1 amide bonds. The molecule has 0 spiro atoms. The first-order valence-corrected chi connectivity index (χ1v) is 5.62. The van der Waals surface area contributed by atoms with Gasteiger partial charge >= 0.3 is 5.97 Å². The number of alkyl halides is 1. The second kappa shape index (κ2) is 5.35. The summed E-state index contributed by atoms with van der Waals surface area (Å²) < 4.78 is 4.91. The van der Waals surface area contributed by atoms with E-state index in [0.29, 0.717) is 19.6 Å². The fraction of sp³-hybridized carbons (Fsp3) is 0.800. The monoisotopic (exact) mass is 233 g/mol. The lowest BCUT2D eigenvalue weighted by atomic mass is 10.2.